The van der Waals surface area contributed by atoms with Gasteiger partial charge in [0.05, 0.1) is 10.6 Å². The Morgan fingerprint density at radius 1 is 1.21 bits per heavy atom. The zero-order valence-corrected chi connectivity index (χ0v) is 11.4. The number of nitrogens with one attached hydrogen (secondary N) is 1. The molecule has 2 aromatic carbocycles. The van der Waals surface area contributed by atoms with Crippen LogP contribution in [0.2, 0.25) is 0 Å². The van der Waals surface area contributed by atoms with E-state index in [1.165, 1.54) is 12.1 Å². The first-order valence-corrected chi connectivity index (χ1v) is 6.29. The Kier molecular flexibility index (Phi) is 4.11. The summed E-state index contributed by atoms with van der Waals surface area (Å²) in [6.45, 7) is 0.177. The summed E-state index contributed by atoms with van der Waals surface area (Å²) in [6.07, 6.45) is 0. The molecule has 0 atom stereocenters. The maximum atomic E-state index is 13.6. The highest BCUT2D eigenvalue weighted by molar-refractivity contribution is 9.10. The van der Waals surface area contributed by atoms with Crippen molar-refractivity contribution in [1.82, 2.24) is 0 Å². The Hall–Kier alpha value is -1.95. The maximum Gasteiger partial charge on any atom is 0.274 e. The van der Waals surface area contributed by atoms with Crippen molar-refractivity contribution in [3.05, 3.63) is 68.4 Å². The molecule has 4 nitrogen and oxygen atoms in total. The van der Waals surface area contributed by atoms with E-state index < -0.39 is 10.7 Å². The fourth-order valence-corrected chi connectivity index (χ4v) is 2.17. The highest BCUT2D eigenvalue weighted by atomic mass is 79.9. The van der Waals surface area contributed by atoms with Crippen LogP contribution in [0.5, 0.6) is 0 Å². The molecule has 2 aromatic rings. The lowest BCUT2D eigenvalue weighted by molar-refractivity contribution is -0.385. The van der Waals surface area contributed by atoms with E-state index in [1.807, 2.05) is 0 Å². The van der Waals surface area contributed by atoms with Gasteiger partial charge in [0, 0.05) is 22.6 Å². The van der Waals surface area contributed by atoms with E-state index >= 15 is 0 Å². The van der Waals surface area contributed by atoms with Crippen molar-refractivity contribution in [2.75, 3.05) is 5.32 Å². The molecule has 0 radical (unpaired) electrons. The van der Waals surface area contributed by atoms with Gasteiger partial charge >= 0.3 is 0 Å². The molecule has 98 valence electrons. The lowest BCUT2D eigenvalue weighted by Crippen LogP contribution is -2.04. The van der Waals surface area contributed by atoms with Crippen molar-refractivity contribution in [3.63, 3.8) is 0 Å². The third-order valence-electron chi connectivity index (χ3n) is 2.61. The molecule has 0 amide bonds. The lowest BCUT2D eigenvalue weighted by atomic mass is 10.1. The SMILES string of the molecule is O=[N+]([O-])c1ccccc1CNc1c(F)cccc1Br. The predicted molar refractivity (Wildman–Crippen MR) is 74.5 cm³/mol. The van der Waals surface area contributed by atoms with Crippen LogP contribution in [-0.2, 0) is 6.54 Å². The number of benzene rings is 2. The molecule has 0 aliphatic heterocycles. The van der Waals surface area contributed by atoms with E-state index in [0.29, 0.717) is 15.7 Å². The number of rotatable bonds is 4. The van der Waals surface area contributed by atoms with E-state index in [2.05, 4.69) is 21.2 Å². The topological polar surface area (TPSA) is 55.2 Å². The number of nitro groups is 1. The summed E-state index contributed by atoms with van der Waals surface area (Å²) >= 11 is 3.23. The molecule has 1 N–H and O–H groups in total. The Morgan fingerprint density at radius 3 is 2.63 bits per heavy atom. The van der Waals surface area contributed by atoms with Crippen LogP contribution in [0.15, 0.2) is 46.9 Å². The minimum atomic E-state index is -0.451. The Labute approximate surface area is 117 Å². The molecule has 6 heteroatoms. The molecule has 0 saturated carbocycles. The van der Waals surface area contributed by atoms with Crippen LogP contribution in [-0.4, -0.2) is 4.92 Å². The number of anilines is 1. The van der Waals surface area contributed by atoms with Crippen LogP contribution < -0.4 is 5.32 Å². The van der Waals surface area contributed by atoms with Gasteiger partial charge in [-0.25, -0.2) is 4.39 Å². The summed E-state index contributed by atoms with van der Waals surface area (Å²) in [6, 6.07) is 11.0. The molecule has 0 heterocycles. The first-order valence-electron chi connectivity index (χ1n) is 5.50. The van der Waals surface area contributed by atoms with Crippen LogP contribution in [0, 0.1) is 15.9 Å². The molecule has 0 fully saturated rings. The fourth-order valence-electron chi connectivity index (χ4n) is 1.69. The minimum absolute atomic E-state index is 0.0162. The van der Waals surface area contributed by atoms with Crippen LogP contribution >= 0.6 is 15.9 Å². The first-order chi connectivity index (χ1) is 9.09. The average Bonchev–Trinajstić information content (AvgIpc) is 2.38. The number of nitrogens with zero attached hydrogens (tertiary/aromatic N) is 1. The molecule has 0 aromatic heterocycles. The van der Waals surface area contributed by atoms with Crippen LogP contribution in [0.25, 0.3) is 0 Å². The van der Waals surface area contributed by atoms with Crippen molar-refractivity contribution >= 4 is 27.3 Å². The smallest absolute Gasteiger partial charge is 0.274 e. The molecular formula is C13H10BrFN2O2. The van der Waals surface area contributed by atoms with Gasteiger partial charge in [0.2, 0.25) is 0 Å². The van der Waals surface area contributed by atoms with Crippen LogP contribution in [0.4, 0.5) is 15.8 Å². The van der Waals surface area contributed by atoms with E-state index in [-0.39, 0.29) is 12.2 Å². The summed E-state index contributed by atoms with van der Waals surface area (Å²) in [5.74, 6) is -0.409. The van der Waals surface area contributed by atoms with E-state index in [4.69, 9.17) is 0 Å². The predicted octanol–water partition coefficient (Wildman–Crippen LogP) is 4.11. The highest BCUT2D eigenvalue weighted by Crippen LogP contribution is 2.27. The second-order valence-corrected chi connectivity index (χ2v) is 4.69. The van der Waals surface area contributed by atoms with Gasteiger partial charge in [-0.05, 0) is 28.1 Å². The molecular weight excluding hydrogens is 315 g/mol. The Bertz CT molecular complexity index is 599. The molecule has 19 heavy (non-hydrogen) atoms. The number of hydrogen-bond donors (Lipinski definition) is 1. The molecule has 0 bridgehead atoms. The van der Waals surface area contributed by atoms with Gasteiger partial charge in [0.25, 0.3) is 5.69 Å². The lowest BCUT2D eigenvalue weighted by Gasteiger charge is -2.09. The Balaban J connectivity index is 2.22. The van der Waals surface area contributed by atoms with E-state index in [0.717, 1.165) is 0 Å². The van der Waals surface area contributed by atoms with Crippen molar-refractivity contribution in [3.8, 4) is 0 Å². The van der Waals surface area contributed by atoms with Gasteiger partial charge in [-0.2, -0.15) is 0 Å². The Morgan fingerprint density at radius 2 is 1.95 bits per heavy atom. The second kappa shape index (κ2) is 5.79. The van der Waals surface area contributed by atoms with E-state index in [1.54, 1.807) is 30.3 Å². The largest absolute Gasteiger partial charge is 0.377 e. The number of nitro benzene ring substituents is 1. The molecule has 0 unspecified atom stereocenters. The first kappa shape index (κ1) is 13.5. The van der Waals surface area contributed by atoms with Crippen LogP contribution in [0.3, 0.4) is 0 Å². The summed E-state index contributed by atoms with van der Waals surface area (Å²) < 4.78 is 14.2. The van der Waals surface area contributed by atoms with Gasteiger partial charge in [0.1, 0.15) is 5.82 Å². The van der Waals surface area contributed by atoms with Gasteiger partial charge in [-0.3, -0.25) is 10.1 Å². The van der Waals surface area contributed by atoms with E-state index in [9.17, 15) is 14.5 Å². The number of halogens is 2. The van der Waals surface area contributed by atoms with Crippen molar-refractivity contribution in [1.29, 1.82) is 0 Å². The zero-order valence-electron chi connectivity index (χ0n) is 9.77. The standard InChI is InChI=1S/C13H10BrFN2O2/c14-10-5-3-6-11(15)13(10)16-8-9-4-1-2-7-12(9)17(18)19/h1-7,16H,8H2. The summed E-state index contributed by atoms with van der Waals surface area (Å²) in [5.41, 5.74) is 0.811. The normalized spacial score (nSPS) is 10.2. The molecule has 2 rings (SSSR count). The monoisotopic (exact) mass is 324 g/mol. The summed E-state index contributed by atoms with van der Waals surface area (Å²) in [5, 5.41) is 13.7. The van der Waals surface area contributed by atoms with Gasteiger partial charge in [-0.15, -0.1) is 0 Å². The number of para-hydroxylation sites is 2. The van der Waals surface area contributed by atoms with Gasteiger partial charge < -0.3 is 5.32 Å². The van der Waals surface area contributed by atoms with Crippen LogP contribution in [0.1, 0.15) is 5.56 Å². The van der Waals surface area contributed by atoms with Crippen molar-refractivity contribution in [2.45, 2.75) is 6.54 Å². The maximum absolute atomic E-state index is 13.6. The molecule has 0 aliphatic rings. The zero-order chi connectivity index (χ0) is 13.8. The number of hydrogen-bond acceptors (Lipinski definition) is 3. The minimum Gasteiger partial charge on any atom is -0.377 e. The van der Waals surface area contributed by atoms with Crippen molar-refractivity contribution < 1.29 is 9.31 Å². The second-order valence-electron chi connectivity index (χ2n) is 3.84. The summed E-state index contributed by atoms with van der Waals surface area (Å²) in [4.78, 5) is 10.4. The third kappa shape index (κ3) is 3.08. The molecule has 0 spiro atoms. The third-order valence-corrected chi connectivity index (χ3v) is 3.27. The van der Waals surface area contributed by atoms with Gasteiger partial charge in [0.15, 0.2) is 0 Å². The molecule has 0 aliphatic carbocycles. The fraction of sp³-hybridized carbons (Fsp3) is 0.0769. The highest BCUT2D eigenvalue weighted by Gasteiger charge is 2.13. The quantitative estimate of drug-likeness (QED) is 0.680. The summed E-state index contributed by atoms with van der Waals surface area (Å²) in [7, 11) is 0. The molecule has 0 saturated heterocycles. The average molecular weight is 325 g/mol. The van der Waals surface area contributed by atoms with Gasteiger partial charge in [-0.1, -0.05) is 24.3 Å². The van der Waals surface area contributed by atoms with Crippen molar-refractivity contribution in [2.24, 2.45) is 0 Å².